The Morgan fingerprint density at radius 3 is 2.38 bits per heavy atom. The number of benzene rings is 1. The van der Waals surface area contributed by atoms with Gasteiger partial charge in [0.15, 0.2) is 0 Å². The standard InChI is InChI=1S/C16H21ClN4/c1-4-14-15(18-5-2)19-10-20-16(14)21-11(3)12-6-8-13(17)9-7-12/h6-11H,4-5H2,1-3H3,(H2,18,19,20,21). The normalized spacial score (nSPS) is 12.0. The van der Waals surface area contributed by atoms with Crippen molar-refractivity contribution in [1.82, 2.24) is 9.97 Å². The van der Waals surface area contributed by atoms with Gasteiger partial charge in [-0.15, -0.1) is 0 Å². The van der Waals surface area contributed by atoms with Crippen molar-refractivity contribution in [1.29, 1.82) is 0 Å². The predicted octanol–water partition coefficient (Wildman–Crippen LogP) is 4.30. The quantitative estimate of drug-likeness (QED) is 0.835. The summed E-state index contributed by atoms with van der Waals surface area (Å²) in [4.78, 5) is 8.70. The van der Waals surface area contributed by atoms with E-state index in [0.29, 0.717) is 0 Å². The average Bonchev–Trinajstić information content (AvgIpc) is 2.48. The van der Waals surface area contributed by atoms with Gasteiger partial charge in [0.1, 0.15) is 18.0 Å². The van der Waals surface area contributed by atoms with Crippen molar-refractivity contribution in [2.24, 2.45) is 0 Å². The minimum absolute atomic E-state index is 0.150. The molecule has 0 aliphatic rings. The molecule has 2 aromatic rings. The highest BCUT2D eigenvalue weighted by Gasteiger charge is 2.12. The van der Waals surface area contributed by atoms with Gasteiger partial charge in [-0.05, 0) is 38.0 Å². The largest absolute Gasteiger partial charge is 0.370 e. The molecule has 0 saturated heterocycles. The first-order chi connectivity index (χ1) is 10.2. The zero-order valence-electron chi connectivity index (χ0n) is 12.7. The second-order valence-corrected chi connectivity index (χ2v) is 5.29. The highest BCUT2D eigenvalue weighted by atomic mass is 35.5. The summed E-state index contributed by atoms with van der Waals surface area (Å²) in [5.74, 6) is 1.78. The predicted molar refractivity (Wildman–Crippen MR) is 89.1 cm³/mol. The summed E-state index contributed by atoms with van der Waals surface area (Å²) < 4.78 is 0. The molecule has 1 unspecified atom stereocenters. The minimum atomic E-state index is 0.150. The van der Waals surface area contributed by atoms with Gasteiger partial charge in [0.25, 0.3) is 0 Å². The van der Waals surface area contributed by atoms with Crippen LogP contribution >= 0.6 is 11.6 Å². The first-order valence-electron chi connectivity index (χ1n) is 7.25. The van der Waals surface area contributed by atoms with Crippen LogP contribution in [0, 0.1) is 0 Å². The molecule has 4 nitrogen and oxygen atoms in total. The third kappa shape index (κ3) is 3.85. The average molecular weight is 305 g/mol. The number of anilines is 2. The second-order valence-electron chi connectivity index (χ2n) is 4.85. The van der Waals surface area contributed by atoms with Gasteiger partial charge in [-0.1, -0.05) is 30.7 Å². The number of nitrogens with one attached hydrogen (secondary N) is 2. The van der Waals surface area contributed by atoms with E-state index in [1.54, 1.807) is 6.33 Å². The van der Waals surface area contributed by atoms with E-state index in [1.165, 1.54) is 5.56 Å². The Bertz CT molecular complexity index is 583. The zero-order chi connectivity index (χ0) is 15.2. The Morgan fingerprint density at radius 1 is 1.10 bits per heavy atom. The van der Waals surface area contributed by atoms with Crippen LogP contribution in [0.5, 0.6) is 0 Å². The molecule has 0 fully saturated rings. The molecule has 21 heavy (non-hydrogen) atoms. The van der Waals surface area contributed by atoms with Crippen LogP contribution < -0.4 is 10.6 Å². The molecule has 0 aliphatic heterocycles. The molecule has 0 saturated carbocycles. The Morgan fingerprint density at radius 2 is 1.76 bits per heavy atom. The molecule has 1 aromatic carbocycles. The first-order valence-corrected chi connectivity index (χ1v) is 7.63. The number of nitrogens with zero attached hydrogens (tertiary/aromatic N) is 2. The summed E-state index contributed by atoms with van der Waals surface area (Å²) in [6.07, 6.45) is 2.47. The van der Waals surface area contributed by atoms with Crippen LogP contribution in [0.4, 0.5) is 11.6 Å². The van der Waals surface area contributed by atoms with Crippen LogP contribution in [-0.4, -0.2) is 16.5 Å². The molecule has 0 radical (unpaired) electrons. The fourth-order valence-electron chi connectivity index (χ4n) is 2.23. The molecule has 0 bridgehead atoms. The fraction of sp³-hybridized carbons (Fsp3) is 0.375. The minimum Gasteiger partial charge on any atom is -0.370 e. The number of hydrogen-bond donors (Lipinski definition) is 2. The molecule has 0 amide bonds. The number of aromatic nitrogens is 2. The summed E-state index contributed by atoms with van der Waals surface area (Å²) in [7, 11) is 0. The lowest BCUT2D eigenvalue weighted by atomic mass is 10.1. The molecule has 2 rings (SSSR count). The lowest BCUT2D eigenvalue weighted by molar-refractivity contribution is 0.862. The molecule has 0 aliphatic carbocycles. The van der Waals surface area contributed by atoms with Gasteiger partial charge in [-0.2, -0.15) is 0 Å². The van der Waals surface area contributed by atoms with Crippen molar-refractivity contribution in [2.45, 2.75) is 33.2 Å². The van der Waals surface area contributed by atoms with Crippen molar-refractivity contribution < 1.29 is 0 Å². The summed E-state index contributed by atoms with van der Waals surface area (Å²) in [5.41, 5.74) is 2.28. The summed E-state index contributed by atoms with van der Waals surface area (Å²) in [6.45, 7) is 7.12. The van der Waals surface area contributed by atoms with Crippen molar-refractivity contribution >= 4 is 23.2 Å². The van der Waals surface area contributed by atoms with E-state index in [4.69, 9.17) is 11.6 Å². The maximum Gasteiger partial charge on any atom is 0.135 e. The molecule has 1 heterocycles. The van der Waals surface area contributed by atoms with E-state index < -0.39 is 0 Å². The van der Waals surface area contributed by atoms with Crippen LogP contribution in [0.25, 0.3) is 0 Å². The molecular weight excluding hydrogens is 284 g/mol. The second kappa shape index (κ2) is 7.27. The van der Waals surface area contributed by atoms with E-state index in [-0.39, 0.29) is 6.04 Å². The number of halogens is 1. The topological polar surface area (TPSA) is 49.8 Å². The summed E-state index contributed by atoms with van der Waals surface area (Å²) >= 11 is 5.93. The Hall–Kier alpha value is -1.81. The van der Waals surface area contributed by atoms with Gasteiger partial charge in [0, 0.05) is 23.2 Å². The molecule has 2 N–H and O–H groups in total. The number of hydrogen-bond acceptors (Lipinski definition) is 4. The van der Waals surface area contributed by atoms with Crippen molar-refractivity contribution in [3.63, 3.8) is 0 Å². The van der Waals surface area contributed by atoms with Crippen LogP contribution in [-0.2, 0) is 6.42 Å². The monoisotopic (exact) mass is 304 g/mol. The molecule has 1 aromatic heterocycles. The van der Waals surface area contributed by atoms with Gasteiger partial charge in [0.05, 0.1) is 0 Å². The third-order valence-electron chi connectivity index (χ3n) is 3.37. The first kappa shape index (κ1) is 15.6. The lowest BCUT2D eigenvalue weighted by Crippen LogP contribution is -2.12. The molecular formula is C16H21ClN4. The number of rotatable bonds is 6. The van der Waals surface area contributed by atoms with E-state index >= 15 is 0 Å². The van der Waals surface area contributed by atoms with E-state index in [0.717, 1.165) is 35.2 Å². The maximum atomic E-state index is 5.93. The van der Waals surface area contributed by atoms with Crippen LogP contribution in [0.15, 0.2) is 30.6 Å². The lowest BCUT2D eigenvalue weighted by Gasteiger charge is -2.18. The van der Waals surface area contributed by atoms with Crippen LogP contribution in [0.2, 0.25) is 5.02 Å². The zero-order valence-corrected chi connectivity index (χ0v) is 13.4. The summed E-state index contributed by atoms with van der Waals surface area (Å²) in [5, 5.41) is 7.49. The van der Waals surface area contributed by atoms with Gasteiger partial charge >= 0.3 is 0 Å². The fourth-order valence-corrected chi connectivity index (χ4v) is 2.36. The highest BCUT2D eigenvalue weighted by molar-refractivity contribution is 6.30. The Balaban J connectivity index is 2.22. The van der Waals surface area contributed by atoms with Gasteiger partial charge in [-0.3, -0.25) is 0 Å². The maximum absolute atomic E-state index is 5.93. The SMILES string of the molecule is CCNc1ncnc(NC(C)c2ccc(Cl)cc2)c1CC. The van der Waals surface area contributed by atoms with Crippen LogP contribution in [0.1, 0.15) is 37.9 Å². The van der Waals surface area contributed by atoms with Crippen molar-refractivity contribution in [2.75, 3.05) is 17.2 Å². The third-order valence-corrected chi connectivity index (χ3v) is 3.62. The summed E-state index contributed by atoms with van der Waals surface area (Å²) in [6, 6.07) is 8.01. The molecule has 0 spiro atoms. The van der Waals surface area contributed by atoms with Gasteiger partial charge in [-0.25, -0.2) is 9.97 Å². The van der Waals surface area contributed by atoms with Gasteiger partial charge < -0.3 is 10.6 Å². The van der Waals surface area contributed by atoms with Gasteiger partial charge in [0.2, 0.25) is 0 Å². The highest BCUT2D eigenvalue weighted by Crippen LogP contribution is 2.25. The van der Waals surface area contributed by atoms with E-state index in [1.807, 2.05) is 24.3 Å². The molecule has 1 atom stereocenters. The van der Waals surface area contributed by atoms with E-state index in [9.17, 15) is 0 Å². The Labute approximate surface area is 131 Å². The molecule has 5 heteroatoms. The Kier molecular flexibility index (Phi) is 5.39. The van der Waals surface area contributed by atoms with Crippen LogP contribution in [0.3, 0.4) is 0 Å². The van der Waals surface area contributed by atoms with Crippen molar-refractivity contribution in [3.8, 4) is 0 Å². The molecule has 112 valence electrons. The van der Waals surface area contributed by atoms with Crippen molar-refractivity contribution in [3.05, 3.63) is 46.7 Å². The smallest absolute Gasteiger partial charge is 0.135 e. The van der Waals surface area contributed by atoms with E-state index in [2.05, 4.69) is 41.4 Å².